The molecule has 1 N–H and O–H groups in total. The number of rotatable bonds is 7. The van der Waals surface area contributed by atoms with Crippen LogP contribution in [0.1, 0.15) is 29.5 Å². The number of sulfonamides is 1. The summed E-state index contributed by atoms with van der Waals surface area (Å²) in [6.07, 6.45) is 0.982. The highest BCUT2D eigenvalue weighted by Crippen LogP contribution is 2.24. The molecule has 35 heavy (non-hydrogen) atoms. The average Bonchev–Trinajstić information content (AvgIpc) is 2.89. The Morgan fingerprint density at radius 2 is 1.66 bits per heavy atom. The molecule has 2 aliphatic rings. The monoisotopic (exact) mass is 495 g/mol. The van der Waals surface area contributed by atoms with Crippen LogP contribution in [-0.4, -0.2) is 74.7 Å². The van der Waals surface area contributed by atoms with Crippen LogP contribution in [0.15, 0.2) is 53.4 Å². The smallest absolute Gasteiger partial charge is 0.243 e. The van der Waals surface area contributed by atoms with Gasteiger partial charge in [0.1, 0.15) is 0 Å². The van der Waals surface area contributed by atoms with Crippen LogP contribution in [0.5, 0.6) is 0 Å². The second-order valence-corrected chi connectivity index (χ2v) is 11.4. The number of hydrogen-bond donors (Lipinski definition) is 1. The van der Waals surface area contributed by atoms with Crippen molar-refractivity contribution in [2.75, 3.05) is 46.3 Å². The number of piperidine rings is 1. The van der Waals surface area contributed by atoms with Gasteiger partial charge in [-0.25, -0.2) is 8.42 Å². The van der Waals surface area contributed by atoms with E-state index in [0.29, 0.717) is 38.0 Å². The number of benzene rings is 2. The van der Waals surface area contributed by atoms with Crippen molar-refractivity contribution in [1.82, 2.24) is 19.4 Å². The fourth-order valence-corrected chi connectivity index (χ4v) is 6.11. The maximum absolute atomic E-state index is 12.9. The molecular formula is C26H33N5O3S. The third-order valence-corrected chi connectivity index (χ3v) is 8.82. The van der Waals surface area contributed by atoms with E-state index in [-0.39, 0.29) is 16.7 Å². The first kappa shape index (κ1) is 25.3. The van der Waals surface area contributed by atoms with Gasteiger partial charge in [-0.3, -0.25) is 9.69 Å². The molecule has 2 aliphatic heterocycles. The van der Waals surface area contributed by atoms with E-state index in [9.17, 15) is 13.2 Å². The van der Waals surface area contributed by atoms with Crippen LogP contribution >= 0.6 is 0 Å². The summed E-state index contributed by atoms with van der Waals surface area (Å²) in [5, 5.41) is 12.0. The molecule has 2 saturated heterocycles. The number of carbonyl (C=O) groups is 1. The predicted molar refractivity (Wildman–Crippen MR) is 134 cm³/mol. The summed E-state index contributed by atoms with van der Waals surface area (Å²) >= 11 is 0. The Morgan fingerprint density at radius 1 is 1.00 bits per heavy atom. The molecule has 0 spiro atoms. The van der Waals surface area contributed by atoms with E-state index in [1.54, 1.807) is 0 Å². The molecule has 4 rings (SSSR count). The van der Waals surface area contributed by atoms with Crippen molar-refractivity contribution in [3.8, 4) is 6.07 Å². The molecule has 0 bridgehead atoms. The molecule has 0 atom stereocenters. The third-order valence-electron chi connectivity index (χ3n) is 6.91. The first-order valence-corrected chi connectivity index (χ1v) is 13.6. The van der Waals surface area contributed by atoms with Crippen LogP contribution in [0.4, 0.5) is 0 Å². The van der Waals surface area contributed by atoms with Crippen LogP contribution in [-0.2, 0) is 27.9 Å². The van der Waals surface area contributed by atoms with E-state index in [0.717, 1.165) is 38.3 Å². The van der Waals surface area contributed by atoms with Crippen LogP contribution in [0.3, 0.4) is 0 Å². The molecule has 9 heteroatoms. The van der Waals surface area contributed by atoms with Crippen molar-refractivity contribution in [3.05, 3.63) is 65.2 Å². The van der Waals surface area contributed by atoms with Gasteiger partial charge in [-0.2, -0.15) is 9.57 Å². The van der Waals surface area contributed by atoms with Crippen molar-refractivity contribution in [2.45, 2.75) is 30.8 Å². The summed E-state index contributed by atoms with van der Waals surface area (Å²) in [5.74, 6) is -0.221. The molecule has 0 saturated carbocycles. The number of piperazine rings is 1. The first-order valence-electron chi connectivity index (χ1n) is 12.1. The number of nitrogens with one attached hydrogen (secondary N) is 1. The molecule has 1 amide bonds. The molecule has 2 heterocycles. The molecule has 2 fully saturated rings. The first-order chi connectivity index (χ1) is 16.8. The zero-order chi connectivity index (χ0) is 24.8. The molecule has 0 aromatic heterocycles. The fraction of sp³-hybridized carbons (Fsp3) is 0.462. The van der Waals surface area contributed by atoms with Crippen molar-refractivity contribution >= 4 is 15.9 Å². The van der Waals surface area contributed by atoms with E-state index in [1.165, 1.54) is 34.1 Å². The average molecular weight is 496 g/mol. The highest BCUT2D eigenvalue weighted by molar-refractivity contribution is 7.89. The SMILES string of the molecule is CN1CCN(Cc2cccc(CNC(=O)C3CCN(S(=O)(=O)c4ccc(C#N)cc4)CC3)c2)CC1. The van der Waals surface area contributed by atoms with E-state index in [1.807, 2.05) is 18.2 Å². The predicted octanol–water partition coefficient (Wildman–Crippen LogP) is 2.02. The van der Waals surface area contributed by atoms with E-state index in [2.05, 4.69) is 34.3 Å². The van der Waals surface area contributed by atoms with Crippen LogP contribution in [0.2, 0.25) is 0 Å². The van der Waals surface area contributed by atoms with E-state index in [4.69, 9.17) is 5.26 Å². The lowest BCUT2D eigenvalue weighted by molar-refractivity contribution is -0.126. The van der Waals surface area contributed by atoms with Crippen LogP contribution in [0.25, 0.3) is 0 Å². The van der Waals surface area contributed by atoms with Gasteiger partial charge in [0.25, 0.3) is 0 Å². The third kappa shape index (κ3) is 6.47. The van der Waals surface area contributed by atoms with Crippen molar-refractivity contribution in [2.24, 2.45) is 5.92 Å². The lowest BCUT2D eigenvalue weighted by Gasteiger charge is -2.32. The quantitative estimate of drug-likeness (QED) is 0.631. The van der Waals surface area contributed by atoms with Gasteiger partial charge in [0.2, 0.25) is 15.9 Å². The second-order valence-electron chi connectivity index (χ2n) is 9.43. The number of nitriles is 1. The van der Waals surface area contributed by atoms with Crippen molar-refractivity contribution < 1.29 is 13.2 Å². The molecule has 2 aromatic rings. The molecule has 0 aliphatic carbocycles. The van der Waals surface area contributed by atoms with Gasteiger partial charge < -0.3 is 10.2 Å². The Balaban J connectivity index is 1.26. The normalized spacial score (nSPS) is 18.7. The second kappa shape index (κ2) is 11.3. The van der Waals surface area contributed by atoms with Gasteiger partial charge in [0.05, 0.1) is 16.5 Å². The maximum atomic E-state index is 12.9. The fourth-order valence-electron chi connectivity index (χ4n) is 4.64. The summed E-state index contributed by atoms with van der Waals surface area (Å²) in [4.78, 5) is 17.8. The van der Waals surface area contributed by atoms with Gasteiger partial charge in [-0.05, 0) is 55.3 Å². The number of amides is 1. The topological polar surface area (TPSA) is 96.8 Å². The van der Waals surface area contributed by atoms with Crippen molar-refractivity contribution in [3.63, 3.8) is 0 Å². The van der Waals surface area contributed by atoms with Gasteiger partial charge in [-0.1, -0.05) is 24.3 Å². The standard InChI is InChI=1S/C26H33N5O3S/c1-29-13-15-30(16-14-29)20-23-4-2-3-22(17-23)19-28-26(32)24-9-11-31(12-10-24)35(33,34)25-7-5-21(18-27)6-8-25/h2-8,17,24H,9-16,19-20H2,1H3,(H,28,32). The molecule has 0 radical (unpaired) electrons. The number of nitrogens with zero attached hydrogens (tertiary/aromatic N) is 4. The minimum atomic E-state index is -3.63. The minimum absolute atomic E-state index is 0.0232. The molecular weight excluding hydrogens is 462 g/mol. The minimum Gasteiger partial charge on any atom is -0.352 e. The number of hydrogen-bond acceptors (Lipinski definition) is 6. The number of carbonyl (C=O) groups excluding carboxylic acids is 1. The van der Waals surface area contributed by atoms with Gasteiger partial charge >= 0.3 is 0 Å². The van der Waals surface area contributed by atoms with E-state index < -0.39 is 10.0 Å². The van der Waals surface area contributed by atoms with Crippen LogP contribution < -0.4 is 5.32 Å². The zero-order valence-electron chi connectivity index (χ0n) is 20.2. The van der Waals surface area contributed by atoms with Gasteiger partial charge in [-0.15, -0.1) is 0 Å². The highest BCUT2D eigenvalue weighted by atomic mass is 32.2. The molecule has 186 valence electrons. The summed E-state index contributed by atoms with van der Waals surface area (Å²) in [5.41, 5.74) is 2.75. The van der Waals surface area contributed by atoms with Crippen LogP contribution in [0, 0.1) is 17.2 Å². The molecule has 0 unspecified atom stereocenters. The summed E-state index contributed by atoms with van der Waals surface area (Å²) in [6, 6.07) is 16.3. The largest absolute Gasteiger partial charge is 0.352 e. The Hall–Kier alpha value is -2.77. The summed E-state index contributed by atoms with van der Waals surface area (Å²) in [7, 11) is -1.47. The lowest BCUT2D eigenvalue weighted by Crippen LogP contribution is -2.43. The summed E-state index contributed by atoms with van der Waals surface area (Å²) in [6.45, 7) is 6.31. The zero-order valence-corrected chi connectivity index (χ0v) is 21.0. The Kier molecular flexibility index (Phi) is 8.19. The maximum Gasteiger partial charge on any atom is 0.243 e. The van der Waals surface area contributed by atoms with Gasteiger partial charge in [0, 0.05) is 58.3 Å². The van der Waals surface area contributed by atoms with E-state index >= 15 is 0 Å². The lowest BCUT2D eigenvalue weighted by atomic mass is 9.97. The van der Waals surface area contributed by atoms with Gasteiger partial charge in [0.15, 0.2) is 0 Å². The van der Waals surface area contributed by atoms with Crippen molar-refractivity contribution in [1.29, 1.82) is 5.26 Å². The Labute approximate surface area is 208 Å². The number of likely N-dealkylation sites (N-methyl/N-ethyl adjacent to an activating group) is 1. The molecule has 2 aromatic carbocycles. The summed E-state index contributed by atoms with van der Waals surface area (Å²) < 4.78 is 27.2. The molecule has 8 nitrogen and oxygen atoms in total. The Bertz CT molecular complexity index is 1160. The highest BCUT2D eigenvalue weighted by Gasteiger charge is 2.32. The Morgan fingerprint density at radius 3 is 2.31 bits per heavy atom.